The molecule has 2 aromatic rings. The van der Waals surface area contributed by atoms with Crippen LogP contribution in [0.1, 0.15) is 71.2 Å². The second-order valence-electron chi connectivity index (χ2n) is 10.6. The van der Waals surface area contributed by atoms with Gasteiger partial charge in [-0.2, -0.15) is 13.2 Å². The summed E-state index contributed by atoms with van der Waals surface area (Å²) in [4.78, 5) is 41.0. The van der Waals surface area contributed by atoms with Crippen LogP contribution >= 0.6 is 0 Å². The molecule has 5 rings (SSSR count). The molecule has 41 heavy (non-hydrogen) atoms. The van der Waals surface area contributed by atoms with Gasteiger partial charge in [0, 0.05) is 23.2 Å². The molecule has 0 spiro atoms. The van der Waals surface area contributed by atoms with Crippen LogP contribution in [0.3, 0.4) is 0 Å². The molecule has 6 nitrogen and oxygen atoms in total. The Morgan fingerprint density at radius 2 is 1.61 bits per heavy atom. The number of halogens is 3. The van der Waals surface area contributed by atoms with Gasteiger partial charge in [0.1, 0.15) is 6.61 Å². The minimum atomic E-state index is -4.44. The number of ketones is 2. The zero-order chi connectivity index (χ0) is 29.1. The number of aliphatic hydroxyl groups excluding tert-OH is 1. The van der Waals surface area contributed by atoms with Crippen molar-refractivity contribution in [1.82, 2.24) is 0 Å². The molecule has 1 unspecified atom stereocenters. The number of benzene rings is 2. The average molecular weight is 566 g/mol. The molecule has 0 bridgehead atoms. The summed E-state index contributed by atoms with van der Waals surface area (Å²) in [6.07, 6.45) is 3.60. The summed E-state index contributed by atoms with van der Waals surface area (Å²) in [5, 5.41) is 11.0. The highest BCUT2D eigenvalue weighted by atomic mass is 19.4. The number of hydrogen-bond acceptors (Lipinski definition) is 5. The lowest BCUT2D eigenvalue weighted by Crippen LogP contribution is -2.42. The van der Waals surface area contributed by atoms with E-state index in [-0.39, 0.29) is 22.6 Å². The summed E-state index contributed by atoms with van der Waals surface area (Å²) in [6.45, 7) is 0.466. The van der Waals surface area contributed by atoms with Gasteiger partial charge in [0.15, 0.2) is 17.3 Å². The fourth-order valence-electron chi connectivity index (χ4n) is 5.81. The molecule has 214 valence electrons. The Balaban J connectivity index is 1.43. The maximum Gasteiger partial charge on any atom is 0.389 e. The van der Waals surface area contributed by atoms with Crippen LogP contribution < -0.4 is 4.90 Å². The number of nitrogens with zero attached hydrogens (tertiary/aromatic N) is 1. The average Bonchev–Trinajstić information content (AvgIpc) is 3.26. The van der Waals surface area contributed by atoms with Gasteiger partial charge >= 0.3 is 6.18 Å². The predicted molar refractivity (Wildman–Crippen MR) is 147 cm³/mol. The molecule has 2 heterocycles. The number of Topliss-reactive ketones (excluding diaryl/α,β-unsaturated/α-hetero) is 2. The predicted octanol–water partition coefficient (Wildman–Crippen LogP) is 7.13. The second kappa shape index (κ2) is 11.8. The van der Waals surface area contributed by atoms with Crippen LogP contribution in [0.25, 0.3) is 5.57 Å². The van der Waals surface area contributed by atoms with E-state index < -0.39 is 48.3 Å². The van der Waals surface area contributed by atoms with E-state index in [1.54, 1.807) is 18.4 Å². The van der Waals surface area contributed by atoms with Crippen molar-refractivity contribution < 1.29 is 37.4 Å². The number of anilines is 1. The fourth-order valence-corrected chi connectivity index (χ4v) is 5.81. The first-order valence-electron chi connectivity index (χ1n) is 13.7. The molecule has 1 atom stereocenters. The van der Waals surface area contributed by atoms with Gasteiger partial charge < -0.3 is 9.84 Å². The van der Waals surface area contributed by atoms with Crippen LogP contribution in [0, 0.1) is 5.92 Å². The molecule has 9 heteroatoms. The molecule has 1 amide bonds. The molecule has 0 saturated heterocycles. The SMILES string of the molecule is O=C(CCC(F)(F)F)c1ccc(C(=O)C2=C(O)C(=O)N(c3ccc(C4=CCOC=C4)cc3)C2C2CCCCC2)cc1. The highest BCUT2D eigenvalue weighted by molar-refractivity contribution is 6.21. The first-order valence-corrected chi connectivity index (χ1v) is 13.7. The number of amides is 1. The number of alkyl halides is 3. The Labute approximate surface area is 235 Å². The van der Waals surface area contributed by atoms with E-state index in [9.17, 15) is 32.7 Å². The van der Waals surface area contributed by atoms with Crippen LogP contribution in [0.15, 0.2) is 78.3 Å². The van der Waals surface area contributed by atoms with Crippen molar-refractivity contribution in [3.05, 3.63) is 95.0 Å². The van der Waals surface area contributed by atoms with Gasteiger partial charge in [-0.15, -0.1) is 0 Å². The van der Waals surface area contributed by atoms with Crippen molar-refractivity contribution in [1.29, 1.82) is 0 Å². The summed E-state index contributed by atoms with van der Waals surface area (Å²) < 4.78 is 42.8. The molecule has 3 aliphatic rings. The second-order valence-corrected chi connectivity index (χ2v) is 10.6. The molecular formula is C32H30F3NO5. The van der Waals surface area contributed by atoms with E-state index in [2.05, 4.69) is 0 Å². The van der Waals surface area contributed by atoms with Gasteiger partial charge in [-0.3, -0.25) is 19.3 Å². The Kier molecular flexibility index (Phi) is 8.15. The Hall–Kier alpha value is -4.14. The number of aliphatic hydroxyl groups is 1. The van der Waals surface area contributed by atoms with Crippen molar-refractivity contribution >= 4 is 28.7 Å². The van der Waals surface area contributed by atoms with Crippen molar-refractivity contribution in [2.45, 2.75) is 57.2 Å². The van der Waals surface area contributed by atoms with Crippen LogP contribution in [0.4, 0.5) is 18.9 Å². The molecule has 1 fully saturated rings. The van der Waals surface area contributed by atoms with Gasteiger partial charge in [0.05, 0.1) is 24.3 Å². The van der Waals surface area contributed by atoms with Crippen molar-refractivity contribution in [3.8, 4) is 0 Å². The van der Waals surface area contributed by atoms with Gasteiger partial charge in [-0.05, 0) is 54.2 Å². The quantitative estimate of drug-likeness (QED) is 0.344. The molecule has 0 radical (unpaired) electrons. The molecule has 2 aromatic carbocycles. The zero-order valence-corrected chi connectivity index (χ0v) is 22.3. The van der Waals surface area contributed by atoms with Gasteiger partial charge in [-0.25, -0.2) is 0 Å². The third-order valence-corrected chi connectivity index (χ3v) is 7.92. The Morgan fingerprint density at radius 1 is 0.951 bits per heavy atom. The van der Waals surface area contributed by atoms with Crippen LogP contribution in [-0.4, -0.2) is 41.4 Å². The lowest BCUT2D eigenvalue weighted by atomic mass is 9.79. The Bertz CT molecular complexity index is 1410. The summed E-state index contributed by atoms with van der Waals surface area (Å²) in [6, 6.07) is 12.0. The zero-order valence-electron chi connectivity index (χ0n) is 22.3. The monoisotopic (exact) mass is 565 g/mol. The minimum Gasteiger partial charge on any atom is -0.503 e. The lowest BCUT2D eigenvalue weighted by molar-refractivity contribution is -0.133. The standard InChI is InChI=1S/C32H30F3NO5/c33-32(34,35)17-14-26(37)22-6-8-24(9-7-22)29(38)27-28(23-4-2-1-3-5-23)36(31(40)30(27)39)25-12-10-20(11-13-25)21-15-18-41-19-16-21/h6-13,15-16,18,23,28,39H,1-5,14,17,19H2. The smallest absolute Gasteiger partial charge is 0.389 e. The van der Waals surface area contributed by atoms with E-state index in [4.69, 9.17) is 4.74 Å². The highest BCUT2D eigenvalue weighted by Gasteiger charge is 2.47. The third kappa shape index (κ3) is 6.14. The number of allylic oxidation sites excluding steroid dienone is 2. The maximum absolute atomic E-state index is 13.8. The fraction of sp³-hybridized carbons (Fsp3) is 0.344. The van der Waals surface area contributed by atoms with E-state index in [0.717, 1.165) is 43.2 Å². The van der Waals surface area contributed by atoms with Gasteiger partial charge in [-0.1, -0.05) is 55.7 Å². The Morgan fingerprint density at radius 3 is 2.22 bits per heavy atom. The molecule has 0 aromatic heterocycles. The molecule has 1 N–H and O–H groups in total. The normalized spacial score (nSPS) is 19.8. The van der Waals surface area contributed by atoms with E-state index in [1.165, 1.54) is 29.2 Å². The van der Waals surface area contributed by atoms with E-state index in [1.807, 2.05) is 24.3 Å². The number of carbonyl (C=O) groups excluding carboxylic acids is 3. The molecular weight excluding hydrogens is 535 g/mol. The summed E-state index contributed by atoms with van der Waals surface area (Å²) in [5.74, 6) is -2.52. The van der Waals surface area contributed by atoms with Crippen molar-refractivity contribution in [2.24, 2.45) is 5.92 Å². The summed E-state index contributed by atoms with van der Waals surface area (Å²) >= 11 is 0. The van der Waals surface area contributed by atoms with Crippen molar-refractivity contribution in [2.75, 3.05) is 11.5 Å². The highest BCUT2D eigenvalue weighted by Crippen LogP contribution is 2.41. The van der Waals surface area contributed by atoms with Gasteiger partial charge in [0.25, 0.3) is 5.91 Å². The first-order chi connectivity index (χ1) is 19.6. The topological polar surface area (TPSA) is 83.9 Å². The lowest BCUT2D eigenvalue weighted by Gasteiger charge is -2.35. The molecule has 1 saturated carbocycles. The van der Waals surface area contributed by atoms with Crippen molar-refractivity contribution in [3.63, 3.8) is 0 Å². The van der Waals surface area contributed by atoms with Crippen LogP contribution in [0.5, 0.6) is 0 Å². The van der Waals surface area contributed by atoms with Crippen LogP contribution in [0.2, 0.25) is 0 Å². The molecule has 1 aliphatic carbocycles. The summed E-state index contributed by atoms with van der Waals surface area (Å²) in [5.41, 5.74) is 2.70. The number of carbonyl (C=O) groups is 3. The first kappa shape index (κ1) is 28.4. The summed E-state index contributed by atoms with van der Waals surface area (Å²) in [7, 11) is 0. The minimum absolute atomic E-state index is 0.0113. The maximum atomic E-state index is 13.8. The van der Waals surface area contributed by atoms with Crippen LogP contribution in [-0.2, 0) is 9.53 Å². The molecule has 2 aliphatic heterocycles. The number of ether oxygens (including phenoxy) is 1. The number of hydrogen-bond donors (Lipinski definition) is 1. The largest absolute Gasteiger partial charge is 0.503 e. The van der Waals surface area contributed by atoms with Gasteiger partial charge in [0.2, 0.25) is 0 Å². The third-order valence-electron chi connectivity index (χ3n) is 7.92. The van der Waals surface area contributed by atoms with E-state index in [0.29, 0.717) is 12.3 Å². The van der Waals surface area contributed by atoms with E-state index >= 15 is 0 Å². The number of rotatable bonds is 8.